The van der Waals surface area contributed by atoms with Gasteiger partial charge in [0, 0.05) is 25.4 Å². The monoisotopic (exact) mass is 247 g/mol. The molecule has 1 amide bonds. The average molecular weight is 247 g/mol. The van der Waals surface area contributed by atoms with E-state index in [1.807, 2.05) is 6.92 Å². The van der Waals surface area contributed by atoms with Gasteiger partial charge in [0.1, 0.15) is 5.82 Å². The fraction of sp³-hybridized carbons (Fsp3) is 0.417. The molecule has 0 fully saturated rings. The molecule has 18 heavy (non-hydrogen) atoms. The SMILES string of the molecule is CCCn1nccc1NC(=O)c1cnn(CC)c1. The van der Waals surface area contributed by atoms with Crippen molar-refractivity contribution >= 4 is 11.7 Å². The van der Waals surface area contributed by atoms with E-state index in [-0.39, 0.29) is 5.91 Å². The molecule has 0 saturated heterocycles. The smallest absolute Gasteiger partial charge is 0.259 e. The third kappa shape index (κ3) is 2.58. The fourth-order valence-electron chi connectivity index (χ4n) is 1.67. The number of amides is 1. The van der Waals surface area contributed by atoms with Gasteiger partial charge in [-0.1, -0.05) is 6.92 Å². The number of hydrogen-bond donors (Lipinski definition) is 1. The first-order valence-electron chi connectivity index (χ1n) is 6.10. The van der Waals surface area contributed by atoms with Crippen molar-refractivity contribution < 1.29 is 4.79 Å². The third-order valence-electron chi connectivity index (χ3n) is 2.61. The molecule has 6 nitrogen and oxygen atoms in total. The number of rotatable bonds is 5. The van der Waals surface area contributed by atoms with Crippen LogP contribution in [0.5, 0.6) is 0 Å². The average Bonchev–Trinajstić information content (AvgIpc) is 2.99. The van der Waals surface area contributed by atoms with Crippen molar-refractivity contribution in [1.29, 1.82) is 0 Å². The van der Waals surface area contributed by atoms with Gasteiger partial charge in [0.2, 0.25) is 0 Å². The molecule has 0 radical (unpaired) electrons. The normalized spacial score (nSPS) is 10.6. The van der Waals surface area contributed by atoms with E-state index < -0.39 is 0 Å². The molecule has 2 heterocycles. The summed E-state index contributed by atoms with van der Waals surface area (Å²) in [5, 5.41) is 11.1. The molecular formula is C12H17N5O. The lowest BCUT2D eigenvalue weighted by atomic mass is 10.3. The molecule has 6 heteroatoms. The zero-order valence-corrected chi connectivity index (χ0v) is 10.6. The molecule has 2 aromatic rings. The van der Waals surface area contributed by atoms with Crippen molar-refractivity contribution in [3.8, 4) is 0 Å². The van der Waals surface area contributed by atoms with Crippen LogP contribution in [0.25, 0.3) is 0 Å². The van der Waals surface area contributed by atoms with Crippen molar-refractivity contribution in [2.45, 2.75) is 33.4 Å². The van der Waals surface area contributed by atoms with Crippen molar-refractivity contribution in [3.05, 3.63) is 30.2 Å². The minimum absolute atomic E-state index is 0.160. The number of carbonyl (C=O) groups excluding carboxylic acids is 1. The maximum atomic E-state index is 12.0. The second-order valence-corrected chi connectivity index (χ2v) is 3.98. The van der Waals surface area contributed by atoms with Crippen molar-refractivity contribution in [2.24, 2.45) is 0 Å². The summed E-state index contributed by atoms with van der Waals surface area (Å²) in [6, 6.07) is 1.79. The Morgan fingerprint density at radius 1 is 1.39 bits per heavy atom. The van der Waals surface area contributed by atoms with E-state index in [2.05, 4.69) is 22.4 Å². The Morgan fingerprint density at radius 3 is 2.89 bits per heavy atom. The van der Waals surface area contributed by atoms with Gasteiger partial charge < -0.3 is 5.32 Å². The summed E-state index contributed by atoms with van der Waals surface area (Å²) < 4.78 is 3.50. The Bertz CT molecular complexity index is 528. The summed E-state index contributed by atoms with van der Waals surface area (Å²) in [5.74, 6) is 0.554. The quantitative estimate of drug-likeness (QED) is 0.875. The van der Waals surface area contributed by atoms with Crippen LogP contribution in [-0.4, -0.2) is 25.5 Å². The fourth-order valence-corrected chi connectivity index (χ4v) is 1.67. The third-order valence-corrected chi connectivity index (χ3v) is 2.61. The van der Waals surface area contributed by atoms with Gasteiger partial charge in [-0.2, -0.15) is 10.2 Å². The molecule has 0 atom stereocenters. The summed E-state index contributed by atoms with van der Waals surface area (Å²) >= 11 is 0. The summed E-state index contributed by atoms with van der Waals surface area (Å²) in [6.07, 6.45) is 5.95. The number of nitrogens with one attached hydrogen (secondary N) is 1. The molecule has 0 bridgehead atoms. The summed E-state index contributed by atoms with van der Waals surface area (Å²) in [4.78, 5) is 12.0. The largest absolute Gasteiger partial charge is 0.307 e. The number of hydrogen-bond acceptors (Lipinski definition) is 3. The highest BCUT2D eigenvalue weighted by atomic mass is 16.1. The van der Waals surface area contributed by atoms with Crippen LogP contribution in [0.4, 0.5) is 5.82 Å². The van der Waals surface area contributed by atoms with E-state index in [0.717, 1.165) is 19.5 Å². The first-order valence-corrected chi connectivity index (χ1v) is 6.10. The van der Waals surface area contributed by atoms with E-state index in [1.165, 1.54) is 0 Å². The number of nitrogens with zero attached hydrogens (tertiary/aromatic N) is 4. The predicted molar refractivity (Wildman–Crippen MR) is 68.4 cm³/mol. The zero-order chi connectivity index (χ0) is 13.0. The summed E-state index contributed by atoms with van der Waals surface area (Å²) in [6.45, 7) is 5.58. The maximum absolute atomic E-state index is 12.0. The molecule has 2 aromatic heterocycles. The minimum Gasteiger partial charge on any atom is -0.307 e. The van der Waals surface area contributed by atoms with Crippen LogP contribution >= 0.6 is 0 Å². The van der Waals surface area contributed by atoms with Crippen LogP contribution in [0.3, 0.4) is 0 Å². The van der Waals surface area contributed by atoms with E-state index >= 15 is 0 Å². The Hall–Kier alpha value is -2.11. The Labute approximate surface area is 106 Å². The van der Waals surface area contributed by atoms with Crippen LogP contribution in [0, 0.1) is 0 Å². The lowest BCUT2D eigenvalue weighted by Crippen LogP contribution is -2.15. The van der Waals surface area contributed by atoms with Crippen LogP contribution in [0.1, 0.15) is 30.6 Å². The Balaban J connectivity index is 2.08. The zero-order valence-electron chi connectivity index (χ0n) is 10.6. The molecule has 0 aliphatic rings. The van der Waals surface area contributed by atoms with E-state index in [4.69, 9.17) is 0 Å². The second kappa shape index (κ2) is 5.48. The highest BCUT2D eigenvalue weighted by molar-refractivity contribution is 6.03. The molecule has 1 N–H and O–H groups in total. The van der Waals surface area contributed by atoms with Crippen LogP contribution in [0.2, 0.25) is 0 Å². The van der Waals surface area contributed by atoms with Gasteiger partial charge in [0.05, 0.1) is 18.0 Å². The molecule has 0 aliphatic carbocycles. The van der Waals surface area contributed by atoms with Gasteiger partial charge in [-0.05, 0) is 13.3 Å². The van der Waals surface area contributed by atoms with Gasteiger partial charge >= 0.3 is 0 Å². The van der Waals surface area contributed by atoms with Crippen LogP contribution < -0.4 is 5.32 Å². The van der Waals surface area contributed by atoms with Gasteiger partial charge in [0.25, 0.3) is 5.91 Å². The minimum atomic E-state index is -0.160. The highest BCUT2D eigenvalue weighted by Crippen LogP contribution is 2.09. The summed E-state index contributed by atoms with van der Waals surface area (Å²) in [7, 11) is 0. The topological polar surface area (TPSA) is 64.7 Å². The standard InChI is InChI=1S/C12H17N5O/c1-3-7-17-11(5-6-13-17)15-12(18)10-8-14-16(4-2)9-10/h5-6,8-9H,3-4,7H2,1-2H3,(H,15,18). The maximum Gasteiger partial charge on any atom is 0.259 e. The number of aryl methyl sites for hydroxylation is 2. The highest BCUT2D eigenvalue weighted by Gasteiger charge is 2.11. The molecule has 0 aromatic carbocycles. The van der Waals surface area contributed by atoms with E-state index in [0.29, 0.717) is 11.4 Å². The lowest BCUT2D eigenvalue weighted by Gasteiger charge is -2.06. The van der Waals surface area contributed by atoms with Crippen molar-refractivity contribution in [1.82, 2.24) is 19.6 Å². The first-order chi connectivity index (χ1) is 8.74. The lowest BCUT2D eigenvalue weighted by molar-refractivity contribution is 0.102. The van der Waals surface area contributed by atoms with Gasteiger partial charge in [-0.15, -0.1) is 0 Å². The van der Waals surface area contributed by atoms with Gasteiger partial charge in [0.15, 0.2) is 0 Å². The van der Waals surface area contributed by atoms with Crippen LogP contribution in [-0.2, 0) is 13.1 Å². The number of anilines is 1. The van der Waals surface area contributed by atoms with Gasteiger partial charge in [-0.3, -0.25) is 9.48 Å². The Morgan fingerprint density at radius 2 is 2.22 bits per heavy atom. The first kappa shape index (κ1) is 12.3. The summed E-state index contributed by atoms with van der Waals surface area (Å²) in [5.41, 5.74) is 0.557. The molecule has 2 rings (SSSR count). The predicted octanol–water partition coefficient (Wildman–Crippen LogP) is 1.76. The number of aromatic nitrogens is 4. The van der Waals surface area contributed by atoms with E-state index in [9.17, 15) is 4.79 Å². The molecule has 0 saturated carbocycles. The Kier molecular flexibility index (Phi) is 3.76. The molecule has 0 aliphatic heterocycles. The van der Waals surface area contributed by atoms with Crippen molar-refractivity contribution in [2.75, 3.05) is 5.32 Å². The molecule has 0 unspecified atom stereocenters. The molecule has 96 valence electrons. The molecule has 0 spiro atoms. The van der Waals surface area contributed by atoms with E-state index in [1.54, 1.807) is 34.0 Å². The van der Waals surface area contributed by atoms with Gasteiger partial charge in [-0.25, -0.2) is 4.68 Å². The number of carbonyl (C=O) groups is 1. The molecular weight excluding hydrogens is 230 g/mol. The van der Waals surface area contributed by atoms with Crippen LogP contribution in [0.15, 0.2) is 24.7 Å². The second-order valence-electron chi connectivity index (χ2n) is 3.98. The van der Waals surface area contributed by atoms with Crippen molar-refractivity contribution in [3.63, 3.8) is 0 Å².